The molecule has 10 heteroatoms. The Bertz CT molecular complexity index is 1420. The van der Waals surface area contributed by atoms with E-state index in [1.165, 1.54) is 35.2 Å². The number of carbonyl (C=O) groups is 2. The van der Waals surface area contributed by atoms with Crippen LogP contribution < -0.4 is 9.62 Å². The van der Waals surface area contributed by atoms with Crippen molar-refractivity contribution in [2.75, 3.05) is 17.1 Å². The van der Waals surface area contributed by atoms with Crippen LogP contribution in [0.2, 0.25) is 0 Å². The molecule has 41 heavy (non-hydrogen) atoms. The number of hydrogen-bond donors (Lipinski definition) is 1. The van der Waals surface area contributed by atoms with Crippen molar-refractivity contribution in [3.8, 4) is 0 Å². The first-order valence-electron chi connectivity index (χ1n) is 13.6. The van der Waals surface area contributed by atoms with Gasteiger partial charge < -0.3 is 10.2 Å². The van der Waals surface area contributed by atoms with Crippen LogP contribution in [0.25, 0.3) is 0 Å². The van der Waals surface area contributed by atoms with Gasteiger partial charge in [0.2, 0.25) is 21.8 Å². The lowest BCUT2D eigenvalue weighted by atomic mass is 10.0. The van der Waals surface area contributed by atoms with Gasteiger partial charge in [0.25, 0.3) is 0 Å². The minimum Gasteiger partial charge on any atom is -0.352 e. The molecule has 0 aliphatic rings. The van der Waals surface area contributed by atoms with Gasteiger partial charge in [0.1, 0.15) is 17.7 Å². The van der Waals surface area contributed by atoms with E-state index in [0.29, 0.717) is 6.42 Å². The highest BCUT2D eigenvalue weighted by atomic mass is 32.2. The quantitative estimate of drug-likeness (QED) is 0.286. The van der Waals surface area contributed by atoms with Gasteiger partial charge in [0.15, 0.2) is 0 Å². The summed E-state index contributed by atoms with van der Waals surface area (Å²) in [5, 5.41) is 2.95. The van der Waals surface area contributed by atoms with Gasteiger partial charge in [-0.05, 0) is 43.5 Å². The summed E-state index contributed by atoms with van der Waals surface area (Å²) >= 11 is 0. The van der Waals surface area contributed by atoms with E-state index < -0.39 is 33.6 Å². The number of rotatable bonds is 14. The van der Waals surface area contributed by atoms with Gasteiger partial charge in [0, 0.05) is 37.5 Å². The van der Waals surface area contributed by atoms with Crippen molar-refractivity contribution in [1.82, 2.24) is 10.2 Å². The third kappa shape index (κ3) is 9.11. The first-order valence-corrected chi connectivity index (χ1v) is 15.5. The fraction of sp³-hybridized carbons (Fsp3) is 0.355. The fourth-order valence-corrected chi connectivity index (χ4v) is 5.41. The molecule has 3 rings (SSSR count). The number of anilines is 1. The van der Waals surface area contributed by atoms with E-state index in [9.17, 15) is 26.8 Å². The van der Waals surface area contributed by atoms with Crippen LogP contribution in [0.4, 0.5) is 14.5 Å². The maximum atomic E-state index is 14.7. The van der Waals surface area contributed by atoms with E-state index in [1.54, 1.807) is 18.2 Å². The van der Waals surface area contributed by atoms with Gasteiger partial charge in [-0.25, -0.2) is 17.2 Å². The highest BCUT2D eigenvalue weighted by Gasteiger charge is 2.31. The summed E-state index contributed by atoms with van der Waals surface area (Å²) in [7, 11) is -3.84. The molecule has 220 valence electrons. The van der Waals surface area contributed by atoms with Gasteiger partial charge in [-0.1, -0.05) is 67.6 Å². The van der Waals surface area contributed by atoms with Crippen LogP contribution in [-0.2, 0) is 32.6 Å². The second kappa shape index (κ2) is 14.7. The number of sulfonamides is 1. The highest BCUT2D eigenvalue weighted by molar-refractivity contribution is 7.92. The minimum atomic E-state index is -3.84. The summed E-state index contributed by atoms with van der Waals surface area (Å²) in [5.41, 5.74) is 0.964. The average molecular weight is 586 g/mol. The molecular formula is C31H37F2N3O4S. The van der Waals surface area contributed by atoms with Crippen molar-refractivity contribution in [2.45, 2.75) is 58.2 Å². The lowest BCUT2D eigenvalue weighted by Crippen LogP contribution is -2.52. The lowest BCUT2D eigenvalue weighted by molar-refractivity contribution is -0.141. The first-order chi connectivity index (χ1) is 19.5. The normalized spacial score (nSPS) is 12.8. The predicted molar refractivity (Wildman–Crippen MR) is 157 cm³/mol. The summed E-state index contributed by atoms with van der Waals surface area (Å²) in [6, 6.07) is 19.7. The molecule has 0 unspecified atom stereocenters. The Morgan fingerprint density at radius 2 is 1.51 bits per heavy atom. The van der Waals surface area contributed by atoms with Crippen LogP contribution in [0.1, 0.15) is 44.2 Å². The number of nitrogens with zero attached hydrogens (tertiary/aromatic N) is 2. The van der Waals surface area contributed by atoms with E-state index in [0.717, 1.165) is 16.1 Å². The van der Waals surface area contributed by atoms with Crippen LogP contribution in [0.5, 0.6) is 0 Å². The van der Waals surface area contributed by atoms with Crippen LogP contribution in [-0.4, -0.2) is 50.0 Å². The first kappa shape index (κ1) is 31.7. The van der Waals surface area contributed by atoms with Crippen molar-refractivity contribution < 1.29 is 26.8 Å². The van der Waals surface area contributed by atoms with E-state index in [2.05, 4.69) is 5.32 Å². The standard InChI is InChI=1S/C31H37F2N3O4S/c1-4-23(2)34-31(38)29(21-24-13-6-5-7-14-24)35(22-25-15-8-9-16-26(25)32)30(37)19-12-20-36(41(3,39)40)28-18-11-10-17-27(28)33/h5-11,13-18,23,29H,4,12,19-22H2,1-3H3,(H,34,38)/t23-,29+/m1/s1. The molecule has 0 heterocycles. The summed E-state index contributed by atoms with van der Waals surface area (Å²) in [4.78, 5) is 28.7. The van der Waals surface area contributed by atoms with Crippen LogP contribution in [0, 0.1) is 11.6 Å². The fourth-order valence-electron chi connectivity index (χ4n) is 4.44. The third-order valence-corrected chi connectivity index (χ3v) is 8.02. The van der Waals surface area contributed by atoms with Crippen molar-refractivity contribution in [3.05, 3.63) is 102 Å². The molecule has 0 spiro atoms. The molecular weight excluding hydrogens is 548 g/mol. The largest absolute Gasteiger partial charge is 0.352 e. The molecule has 7 nitrogen and oxygen atoms in total. The Hall–Kier alpha value is -3.79. The molecule has 0 aliphatic carbocycles. The molecule has 0 radical (unpaired) electrons. The maximum absolute atomic E-state index is 14.7. The molecule has 0 saturated heterocycles. The monoisotopic (exact) mass is 585 g/mol. The molecule has 3 aromatic rings. The number of halogens is 2. The molecule has 0 fully saturated rings. The summed E-state index contributed by atoms with van der Waals surface area (Å²) in [5.74, 6) is -2.02. The van der Waals surface area contributed by atoms with Gasteiger partial charge >= 0.3 is 0 Å². The Morgan fingerprint density at radius 1 is 0.902 bits per heavy atom. The van der Waals surface area contributed by atoms with Crippen LogP contribution >= 0.6 is 0 Å². The molecule has 0 aromatic heterocycles. The highest BCUT2D eigenvalue weighted by Crippen LogP contribution is 2.23. The Labute approximate surface area is 241 Å². The number of nitrogens with one attached hydrogen (secondary N) is 1. The Morgan fingerprint density at radius 3 is 2.12 bits per heavy atom. The number of carbonyl (C=O) groups excluding carboxylic acids is 2. The number of hydrogen-bond acceptors (Lipinski definition) is 4. The van der Waals surface area contributed by atoms with Crippen LogP contribution in [0.15, 0.2) is 78.9 Å². The van der Waals surface area contributed by atoms with Gasteiger partial charge in [-0.3, -0.25) is 13.9 Å². The molecule has 2 atom stereocenters. The second-order valence-corrected chi connectivity index (χ2v) is 11.9. The second-order valence-electron chi connectivity index (χ2n) is 10.0. The van der Waals surface area contributed by atoms with Gasteiger partial charge in [0.05, 0.1) is 11.9 Å². The zero-order chi connectivity index (χ0) is 30.0. The lowest BCUT2D eigenvalue weighted by Gasteiger charge is -2.33. The molecule has 3 aromatic carbocycles. The van der Waals surface area contributed by atoms with Crippen molar-refractivity contribution >= 4 is 27.5 Å². The van der Waals surface area contributed by atoms with E-state index in [-0.39, 0.29) is 55.6 Å². The molecule has 0 saturated carbocycles. The summed E-state index contributed by atoms with van der Waals surface area (Å²) in [6.45, 7) is 3.49. The van der Waals surface area contributed by atoms with Crippen molar-refractivity contribution in [1.29, 1.82) is 0 Å². The number of benzene rings is 3. The number of para-hydroxylation sites is 1. The molecule has 2 amide bonds. The van der Waals surface area contributed by atoms with Gasteiger partial charge in [-0.15, -0.1) is 0 Å². The minimum absolute atomic E-state index is 0.0546. The predicted octanol–water partition coefficient (Wildman–Crippen LogP) is 5.07. The zero-order valence-corrected chi connectivity index (χ0v) is 24.4. The summed E-state index contributed by atoms with van der Waals surface area (Å²) in [6.07, 6.45) is 1.77. The topological polar surface area (TPSA) is 86.8 Å². The molecule has 0 bridgehead atoms. The van der Waals surface area contributed by atoms with Gasteiger partial charge in [-0.2, -0.15) is 0 Å². The smallest absolute Gasteiger partial charge is 0.243 e. The average Bonchev–Trinajstić information content (AvgIpc) is 2.94. The van der Waals surface area contributed by atoms with Crippen molar-refractivity contribution in [2.24, 2.45) is 0 Å². The molecule has 0 aliphatic heterocycles. The van der Waals surface area contributed by atoms with E-state index in [4.69, 9.17) is 0 Å². The zero-order valence-electron chi connectivity index (χ0n) is 23.6. The maximum Gasteiger partial charge on any atom is 0.243 e. The Balaban J connectivity index is 1.91. The SMILES string of the molecule is CC[C@@H](C)NC(=O)[C@H](Cc1ccccc1)N(Cc1ccccc1F)C(=O)CCCN(c1ccccc1F)S(C)(=O)=O. The van der Waals surface area contributed by atoms with E-state index in [1.807, 2.05) is 44.2 Å². The molecule has 1 N–H and O–H groups in total. The van der Waals surface area contributed by atoms with E-state index >= 15 is 0 Å². The summed E-state index contributed by atoms with van der Waals surface area (Å²) < 4.78 is 55.0. The Kier molecular flexibility index (Phi) is 11.4. The number of amides is 2. The van der Waals surface area contributed by atoms with Crippen molar-refractivity contribution in [3.63, 3.8) is 0 Å². The third-order valence-electron chi connectivity index (χ3n) is 6.84. The van der Waals surface area contributed by atoms with Crippen LogP contribution in [0.3, 0.4) is 0 Å².